The van der Waals surface area contributed by atoms with Gasteiger partial charge in [-0.05, 0) is 24.6 Å². The molecule has 0 unspecified atom stereocenters. The van der Waals surface area contributed by atoms with Crippen molar-refractivity contribution in [2.75, 3.05) is 20.3 Å². The predicted octanol–water partition coefficient (Wildman–Crippen LogP) is 3.12. The van der Waals surface area contributed by atoms with Gasteiger partial charge in [-0.1, -0.05) is 23.9 Å². The van der Waals surface area contributed by atoms with E-state index < -0.39 is 0 Å². The summed E-state index contributed by atoms with van der Waals surface area (Å²) < 4.78 is 5.98. The molecule has 0 aliphatic rings. The number of benzene rings is 1. The number of methoxy groups -OCH3 is 1. The third-order valence-corrected chi connectivity index (χ3v) is 4.98. The summed E-state index contributed by atoms with van der Waals surface area (Å²) in [5.41, 5.74) is 2.91. The van der Waals surface area contributed by atoms with E-state index in [1.807, 2.05) is 31.2 Å². The molecule has 1 aromatic carbocycles. The summed E-state index contributed by atoms with van der Waals surface area (Å²) in [7, 11) is 1.61. The van der Waals surface area contributed by atoms with E-state index in [2.05, 4.69) is 15.7 Å². The van der Waals surface area contributed by atoms with Crippen LogP contribution in [0.1, 0.15) is 21.6 Å². The molecule has 21 heavy (non-hydrogen) atoms. The van der Waals surface area contributed by atoms with Gasteiger partial charge in [-0.2, -0.15) is 0 Å². The summed E-state index contributed by atoms with van der Waals surface area (Å²) in [6.45, 7) is 3.04. The van der Waals surface area contributed by atoms with Crippen LogP contribution < -0.4 is 5.32 Å². The summed E-state index contributed by atoms with van der Waals surface area (Å²) in [4.78, 5) is 16.3. The molecule has 2 aromatic rings. The van der Waals surface area contributed by atoms with Gasteiger partial charge in [0.25, 0.3) is 5.91 Å². The van der Waals surface area contributed by atoms with Crippen LogP contribution >= 0.6 is 23.1 Å². The molecule has 2 rings (SSSR count). The average Bonchev–Trinajstić information content (AvgIpc) is 2.91. The maximum atomic E-state index is 11.8. The number of rotatable bonds is 7. The first-order valence-corrected chi connectivity index (χ1v) is 8.46. The first-order valence-electron chi connectivity index (χ1n) is 6.60. The summed E-state index contributed by atoms with van der Waals surface area (Å²) in [6.07, 6.45) is 0. The van der Waals surface area contributed by atoms with Gasteiger partial charge in [0.2, 0.25) is 0 Å². The Kier molecular flexibility index (Phi) is 6.22. The second-order valence-corrected chi connectivity index (χ2v) is 6.57. The SMILES string of the molecule is COCCNC(=O)c1ccc(CSc2nc(C)cs2)cc1. The second kappa shape index (κ2) is 8.17. The number of thioether (sulfide) groups is 1. The first-order chi connectivity index (χ1) is 10.2. The molecule has 1 N–H and O–H groups in total. The molecule has 0 aliphatic carbocycles. The molecule has 4 nitrogen and oxygen atoms in total. The topological polar surface area (TPSA) is 51.2 Å². The number of nitrogens with one attached hydrogen (secondary N) is 1. The highest BCUT2D eigenvalue weighted by Gasteiger charge is 2.05. The van der Waals surface area contributed by atoms with Crippen LogP contribution in [0.5, 0.6) is 0 Å². The summed E-state index contributed by atoms with van der Waals surface area (Å²) >= 11 is 3.38. The van der Waals surface area contributed by atoms with Crippen LogP contribution in [0.25, 0.3) is 0 Å². The van der Waals surface area contributed by atoms with Gasteiger partial charge in [0.15, 0.2) is 0 Å². The molecule has 0 spiro atoms. The lowest BCUT2D eigenvalue weighted by atomic mass is 10.1. The van der Waals surface area contributed by atoms with Crippen molar-refractivity contribution in [1.82, 2.24) is 10.3 Å². The van der Waals surface area contributed by atoms with Gasteiger partial charge >= 0.3 is 0 Å². The molecule has 0 atom stereocenters. The van der Waals surface area contributed by atoms with E-state index >= 15 is 0 Å². The molecule has 0 bridgehead atoms. The molecule has 112 valence electrons. The molecule has 0 aliphatic heterocycles. The number of nitrogens with zero attached hydrogens (tertiary/aromatic N) is 1. The van der Waals surface area contributed by atoms with Crippen LogP contribution in [-0.4, -0.2) is 31.2 Å². The number of hydrogen-bond donors (Lipinski definition) is 1. The van der Waals surface area contributed by atoms with Crippen LogP contribution in [-0.2, 0) is 10.5 Å². The van der Waals surface area contributed by atoms with E-state index in [0.29, 0.717) is 18.7 Å². The third kappa shape index (κ3) is 5.15. The van der Waals surface area contributed by atoms with Gasteiger partial charge in [-0.15, -0.1) is 11.3 Å². The fourth-order valence-electron chi connectivity index (χ4n) is 1.66. The lowest BCUT2D eigenvalue weighted by Crippen LogP contribution is -2.26. The number of carbonyl (C=O) groups is 1. The van der Waals surface area contributed by atoms with Crippen molar-refractivity contribution in [2.45, 2.75) is 17.0 Å². The lowest BCUT2D eigenvalue weighted by molar-refractivity contribution is 0.0937. The van der Waals surface area contributed by atoms with Gasteiger partial charge in [-0.25, -0.2) is 4.98 Å². The molecule has 6 heteroatoms. The summed E-state index contributed by atoms with van der Waals surface area (Å²) in [6, 6.07) is 7.67. The quantitative estimate of drug-likeness (QED) is 0.628. The normalized spacial score (nSPS) is 10.6. The van der Waals surface area contributed by atoms with Gasteiger partial charge < -0.3 is 10.1 Å². The van der Waals surface area contributed by atoms with Crippen LogP contribution in [0.3, 0.4) is 0 Å². The second-order valence-electron chi connectivity index (χ2n) is 4.49. The highest BCUT2D eigenvalue weighted by atomic mass is 32.2. The maximum Gasteiger partial charge on any atom is 0.251 e. The standard InChI is InChI=1S/C15H18N2O2S2/c1-11-9-20-15(17-11)21-10-12-3-5-13(6-4-12)14(18)16-7-8-19-2/h3-6,9H,7-8,10H2,1-2H3,(H,16,18). The van der Waals surface area contributed by atoms with Crippen LogP contribution in [0.15, 0.2) is 34.0 Å². The van der Waals surface area contributed by atoms with Crippen molar-refractivity contribution >= 4 is 29.0 Å². The fourth-order valence-corrected chi connectivity index (χ4v) is 3.47. The number of amides is 1. The summed E-state index contributed by atoms with van der Waals surface area (Å²) in [5.74, 6) is 0.792. The van der Waals surface area contributed by atoms with Gasteiger partial charge in [0.05, 0.1) is 6.61 Å². The minimum atomic E-state index is -0.0678. The molecule has 0 radical (unpaired) electrons. The van der Waals surface area contributed by atoms with Crippen molar-refractivity contribution < 1.29 is 9.53 Å². The minimum Gasteiger partial charge on any atom is -0.383 e. The van der Waals surface area contributed by atoms with Gasteiger partial charge in [-0.3, -0.25) is 4.79 Å². The van der Waals surface area contributed by atoms with E-state index in [1.165, 1.54) is 5.56 Å². The maximum absolute atomic E-state index is 11.8. The Morgan fingerprint density at radius 1 is 1.38 bits per heavy atom. The van der Waals surface area contributed by atoms with Crippen molar-refractivity contribution in [3.8, 4) is 0 Å². The van der Waals surface area contributed by atoms with E-state index in [4.69, 9.17) is 4.74 Å². The van der Waals surface area contributed by atoms with Crippen molar-refractivity contribution in [1.29, 1.82) is 0 Å². The smallest absolute Gasteiger partial charge is 0.251 e. The van der Waals surface area contributed by atoms with Gasteiger partial charge in [0, 0.05) is 36.0 Å². The average molecular weight is 322 g/mol. The molecule has 1 heterocycles. The number of aryl methyl sites for hydroxylation is 1. The van der Waals surface area contributed by atoms with Crippen molar-refractivity contribution in [2.24, 2.45) is 0 Å². The molecule has 1 amide bonds. The van der Waals surface area contributed by atoms with Crippen molar-refractivity contribution in [3.63, 3.8) is 0 Å². The first kappa shape index (κ1) is 16.0. The highest BCUT2D eigenvalue weighted by molar-refractivity contribution is 8.00. The zero-order valence-corrected chi connectivity index (χ0v) is 13.7. The zero-order chi connectivity index (χ0) is 15.1. The molecular weight excluding hydrogens is 304 g/mol. The monoisotopic (exact) mass is 322 g/mol. The van der Waals surface area contributed by atoms with E-state index in [-0.39, 0.29) is 5.91 Å². The summed E-state index contributed by atoms with van der Waals surface area (Å²) in [5, 5.41) is 4.85. The number of carbonyl (C=O) groups excluding carboxylic acids is 1. The number of hydrogen-bond acceptors (Lipinski definition) is 5. The van der Waals surface area contributed by atoms with Crippen LogP contribution in [0.2, 0.25) is 0 Å². The third-order valence-electron chi connectivity index (χ3n) is 2.77. The molecular formula is C15H18N2O2S2. The Morgan fingerprint density at radius 3 is 2.76 bits per heavy atom. The van der Waals surface area contributed by atoms with Crippen molar-refractivity contribution in [3.05, 3.63) is 46.5 Å². The molecule has 0 saturated heterocycles. The number of ether oxygens (including phenoxy) is 1. The van der Waals surface area contributed by atoms with Crippen LogP contribution in [0, 0.1) is 6.92 Å². The predicted molar refractivity (Wildman–Crippen MR) is 87.1 cm³/mol. The molecule has 1 aromatic heterocycles. The zero-order valence-electron chi connectivity index (χ0n) is 12.1. The largest absolute Gasteiger partial charge is 0.383 e. The molecule has 0 saturated carbocycles. The Balaban J connectivity index is 1.85. The van der Waals surface area contributed by atoms with Gasteiger partial charge in [0.1, 0.15) is 4.34 Å². The van der Waals surface area contributed by atoms with E-state index in [0.717, 1.165) is 15.8 Å². The number of thiazole rings is 1. The van der Waals surface area contributed by atoms with E-state index in [9.17, 15) is 4.79 Å². The Bertz CT molecular complexity index is 582. The Labute approximate surface area is 132 Å². The van der Waals surface area contributed by atoms with E-state index in [1.54, 1.807) is 30.2 Å². The Hall–Kier alpha value is -1.37. The van der Waals surface area contributed by atoms with Crippen LogP contribution in [0.4, 0.5) is 0 Å². The minimum absolute atomic E-state index is 0.0678. The Morgan fingerprint density at radius 2 is 2.14 bits per heavy atom. The lowest BCUT2D eigenvalue weighted by Gasteiger charge is -2.05. The number of aromatic nitrogens is 1. The highest BCUT2D eigenvalue weighted by Crippen LogP contribution is 2.25. The molecule has 0 fully saturated rings. The fraction of sp³-hybridized carbons (Fsp3) is 0.333.